The van der Waals surface area contributed by atoms with Crippen molar-refractivity contribution in [2.75, 3.05) is 26.1 Å². The third kappa shape index (κ3) is 4.01. The van der Waals surface area contributed by atoms with E-state index in [2.05, 4.69) is 0 Å². The number of hydrogen-bond acceptors (Lipinski definition) is 3. The van der Waals surface area contributed by atoms with Crippen LogP contribution in [-0.2, 0) is 9.84 Å². The second kappa shape index (κ2) is 4.77. The minimum Gasteiger partial charge on any atom is -0.301 e. The lowest BCUT2D eigenvalue weighted by Gasteiger charge is -2.23. The zero-order chi connectivity index (χ0) is 11.5. The van der Waals surface area contributed by atoms with Crippen molar-refractivity contribution in [1.82, 2.24) is 4.90 Å². The molecule has 3 nitrogen and oxygen atoms in total. The van der Waals surface area contributed by atoms with Gasteiger partial charge in [-0.2, -0.15) is 0 Å². The normalized spacial score (nSPS) is 14.1. The molecule has 1 unspecified atom stereocenters. The molecular weight excluding hydrogens is 210 g/mol. The molecule has 1 atom stereocenters. The van der Waals surface area contributed by atoms with Crippen LogP contribution in [0.4, 0.5) is 0 Å². The van der Waals surface area contributed by atoms with Gasteiger partial charge in [0.05, 0.1) is 5.75 Å². The van der Waals surface area contributed by atoms with Crippen molar-refractivity contribution in [3.8, 4) is 0 Å². The van der Waals surface area contributed by atoms with E-state index in [-0.39, 0.29) is 11.8 Å². The maximum atomic E-state index is 11.3. The van der Waals surface area contributed by atoms with E-state index in [0.717, 1.165) is 5.56 Å². The summed E-state index contributed by atoms with van der Waals surface area (Å²) in [6.45, 7) is 0. The molecule has 0 heterocycles. The third-order valence-electron chi connectivity index (χ3n) is 2.27. The first-order valence-corrected chi connectivity index (χ1v) is 6.85. The lowest BCUT2D eigenvalue weighted by molar-refractivity contribution is 0.322. The lowest BCUT2D eigenvalue weighted by atomic mass is 10.1. The Balaban J connectivity index is 2.95. The van der Waals surface area contributed by atoms with Gasteiger partial charge in [0, 0.05) is 12.3 Å². The summed E-state index contributed by atoms with van der Waals surface area (Å²) < 4.78 is 22.6. The maximum Gasteiger partial charge on any atom is 0.149 e. The van der Waals surface area contributed by atoms with Crippen molar-refractivity contribution < 1.29 is 8.42 Å². The number of nitrogens with zero attached hydrogens (tertiary/aromatic N) is 1. The highest BCUT2D eigenvalue weighted by atomic mass is 32.2. The molecule has 0 fully saturated rings. The Bertz CT molecular complexity index is 398. The maximum absolute atomic E-state index is 11.3. The van der Waals surface area contributed by atoms with E-state index in [0.29, 0.717) is 0 Å². The smallest absolute Gasteiger partial charge is 0.149 e. The van der Waals surface area contributed by atoms with Crippen LogP contribution in [0.15, 0.2) is 30.3 Å². The Labute approximate surface area is 91.6 Å². The second-order valence-corrected chi connectivity index (χ2v) is 6.17. The Hall–Kier alpha value is -0.870. The van der Waals surface area contributed by atoms with Crippen molar-refractivity contribution >= 4 is 9.84 Å². The molecule has 0 bridgehead atoms. The molecule has 84 valence electrons. The zero-order valence-corrected chi connectivity index (χ0v) is 10.2. The fourth-order valence-corrected chi connectivity index (χ4v) is 2.57. The monoisotopic (exact) mass is 227 g/mol. The summed E-state index contributed by atoms with van der Waals surface area (Å²) >= 11 is 0. The molecule has 0 N–H and O–H groups in total. The van der Waals surface area contributed by atoms with E-state index in [4.69, 9.17) is 0 Å². The summed E-state index contributed by atoms with van der Waals surface area (Å²) in [5.74, 6) is 0.157. The van der Waals surface area contributed by atoms with Crippen molar-refractivity contribution in [1.29, 1.82) is 0 Å². The molecule has 0 radical (unpaired) electrons. The highest BCUT2D eigenvalue weighted by molar-refractivity contribution is 7.90. The first kappa shape index (κ1) is 12.2. The summed E-state index contributed by atoms with van der Waals surface area (Å²) in [4.78, 5) is 1.93. The average molecular weight is 227 g/mol. The second-order valence-electron chi connectivity index (χ2n) is 3.98. The summed E-state index contributed by atoms with van der Waals surface area (Å²) in [7, 11) is 0.825. The van der Waals surface area contributed by atoms with Gasteiger partial charge >= 0.3 is 0 Å². The molecule has 15 heavy (non-hydrogen) atoms. The zero-order valence-electron chi connectivity index (χ0n) is 9.34. The summed E-state index contributed by atoms with van der Waals surface area (Å²) in [5.41, 5.74) is 1.04. The molecule has 0 saturated carbocycles. The topological polar surface area (TPSA) is 37.4 Å². The van der Waals surface area contributed by atoms with Crippen LogP contribution < -0.4 is 0 Å². The van der Waals surface area contributed by atoms with Crippen LogP contribution in [0.1, 0.15) is 11.6 Å². The van der Waals surface area contributed by atoms with E-state index in [1.165, 1.54) is 6.26 Å². The minimum atomic E-state index is -2.96. The van der Waals surface area contributed by atoms with Crippen molar-refractivity contribution in [3.63, 3.8) is 0 Å². The molecule has 0 aromatic heterocycles. The predicted octanol–water partition coefficient (Wildman–Crippen LogP) is 1.33. The summed E-state index contributed by atoms with van der Waals surface area (Å²) in [5, 5.41) is 0. The molecule has 0 spiro atoms. The van der Waals surface area contributed by atoms with Crippen molar-refractivity contribution in [2.24, 2.45) is 0 Å². The quantitative estimate of drug-likeness (QED) is 0.779. The van der Waals surface area contributed by atoms with Crippen LogP contribution in [0.5, 0.6) is 0 Å². The molecule has 4 heteroatoms. The fraction of sp³-hybridized carbons (Fsp3) is 0.455. The highest BCUT2D eigenvalue weighted by Gasteiger charge is 2.18. The van der Waals surface area contributed by atoms with Crippen LogP contribution in [-0.4, -0.2) is 39.4 Å². The van der Waals surface area contributed by atoms with Gasteiger partial charge < -0.3 is 4.90 Å². The van der Waals surface area contributed by atoms with E-state index in [1.807, 2.05) is 49.3 Å². The van der Waals surface area contributed by atoms with Crippen molar-refractivity contribution in [3.05, 3.63) is 35.9 Å². The molecule has 0 aliphatic carbocycles. The van der Waals surface area contributed by atoms with Gasteiger partial charge in [0.25, 0.3) is 0 Å². The molecule has 0 amide bonds. The number of benzene rings is 1. The van der Waals surface area contributed by atoms with Gasteiger partial charge in [-0.3, -0.25) is 0 Å². The van der Waals surface area contributed by atoms with E-state index < -0.39 is 9.84 Å². The van der Waals surface area contributed by atoms with Gasteiger partial charge in [-0.15, -0.1) is 0 Å². The van der Waals surface area contributed by atoms with E-state index in [9.17, 15) is 8.42 Å². The molecule has 0 aliphatic heterocycles. The Morgan fingerprint density at radius 2 is 1.73 bits per heavy atom. The first-order valence-electron chi connectivity index (χ1n) is 4.79. The van der Waals surface area contributed by atoms with Crippen LogP contribution in [0.25, 0.3) is 0 Å². The van der Waals surface area contributed by atoms with Crippen molar-refractivity contribution in [2.45, 2.75) is 6.04 Å². The SMILES string of the molecule is CN(C)C(CS(C)(=O)=O)c1ccccc1. The summed E-state index contributed by atoms with van der Waals surface area (Å²) in [6, 6.07) is 9.62. The van der Waals surface area contributed by atoms with Crippen LogP contribution >= 0.6 is 0 Å². The average Bonchev–Trinajstić information content (AvgIpc) is 2.14. The summed E-state index contributed by atoms with van der Waals surface area (Å²) in [6.07, 6.45) is 1.27. The van der Waals surface area contributed by atoms with Gasteiger partial charge in [0.2, 0.25) is 0 Å². The van der Waals surface area contributed by atoms with Gasteiger partial charge in [-0.05, 0) is 19.7 Å². The van der Waals surface area contributed by atoms with Crippen LogP contribution in [0, 0.1) is 0 Å². The first-order chi connectivity index (χ1) is 6.90. The number of sulfone groups is 1. The standard InChI is InChI=1S/C11H17NO2S/c1-12(2)11(9-15(3,13)14)10-7-5-4-6-8-10/h4-8,11H,9H2,1-3H3. The molecule has 1 rings (SSSR count). The van der Waals surface area contributed by atoms with Gasteiger partial charge in [-0.1, -0.05) is 30.3 Å². The van der Waals surface area contributed by atoms with Gasteiger partial charge in [0.1, 0.15) is 9.84 Å². The molecule has 1 aromatic rings. The number of rotatable bonds is 4. The van der Waals surface area contributed by atoms with E-state index in [1.54, 1.807) is 0 Å². The predicted molar refractivity (Wildman–Crippen MR) is 62.6 cm³/mol. The Morgan fingerprint density at radius 1 is 1.20 bits per heavy atom. The molecule has 1 aromatic carbocycles. The fourth-order valence-electron chi connectivity index (χ4n) is 1.51. The minimum absolute atomic E-state index is 0.0683. The molecular formula is C11H17NO2S. The lowest BCUT2D eigenvalue weighted by Crippen LogP contribution is -2.26. The Kier molecular flexibility index (Phi) is 3.88. The largest absolute Gasteiger partial charge is 0.301 e. The van der Waals surface area contributed by atoms with Gasteiger partial charge in [-0.25, -0.2) is 8.42 Å². The molecule has 0 aliphatic rings. The van der Waals surface area contributed by atoms with E-state index >= 15 is 0 Å². The van der Waals surface area contributed by atoms with Crippen LogP contribution in [0.2, 0.25) is 0 Å². The van der Waals surface area contributed by atoms with Crippen LogP contribution in [0.3, 0.4) is 0 Å². The highest BCUT2D eigenvalue weighted by Crippen LogP contribution is 2.19. The third-order valence-corrected chi connectivity index (χ3v) is 3.19. The Morgan fingerprint density at radius 3 is 2.13 bits per heavy atom. The van der Waals surface area contributed by atoms with Gasteiger partial charge in [0.15, 0.2) is 0 Å². The molecule has 0 saturated heterocycles. The number of hydrogen-bond donors (Lipinski definition) is 0.